The average Bonchev–Trinajstić information content (AvgIpc) is 2.83. The zero-order valence-corrected chi connectivity index (χ0v) is 11.6. The van der Waals surface area contributed by atoms with Crippen molar-refractivity contribution in [3.05, 3.63) is 35.2 Å². The van der Waals surface area contributed by atoms with Gasteiger partial charge in [-0.15, -0.1) is 0 Å². The van der Waals surface area contributed by atoms with Gasteiger partial charge in [0.25, 0.3) is 5.91 Å². The normalized spacial score (nSPS) is 19.9. The molecule has 1 aliphatic rings. The van der Waals surface area contributed by atoms with Gasteiger partial charge in [-0.25, -0.2) is 4.98 Å². The number of pyridine rings is 1. The van der Waals surface area contributed by atoms with Crippen LogP contribution < -0.4 is 0 Å². The minimum atomic E-state index is 0.00585. The first-order valence-corrected chi connectivity index (χ1v) is 6.96. The maximum Gasteiger partial charge on any atom is 0.274 e. The third kappa shape index (κ3) is 2.32. The van der Waals surface area contributed by atoms with Crippen molar-refractivity contribution >= 4 is 23.2 Å². The molecule has 0 radical (unpaired) electrons. The predicted molar refractivity (Wildman–Crippen MR) is 74.5 cm³/mol. The Bertz CT molecular complexity index is 622. The highest BCUT2D eigenvalue weighted by Crippen LogP contribution is 2.19. The molecule has 3 rings (SSSR count). The van der Waals surface area contributed by atoms with Gasteiger partial charge in [0.2, 0.25) is 0 Å². The Hall–Kier alpha value is -1.55. The van der Waals surface area contributed by atoms with Crippen molar-refractivity contribution in [1.82, 2.24) is 14.3 Å². The van der Waals surface area contributed by atoms with Gasteiger partial charge in [-0.2, -0.15) is 0 Å². The van der Waals surface area contributed by atoms with Crippen LogP contribution in [0.1, 0.15) is 30.3 Å². The summed E-state index contributed by atoms with van der Waals surface area (Å²) in [6.45, 7) is 3.82. The zero-order chi connectivity index (χ0) is 13.4. The van der Waals surface area contributed by atoms with E-state index in [9.17, 15) is 4.79 Å². The summed E-state index contributed by atoms with van der Waals surface area (Å²) in [5.74, 6) is 0.574. The number of halogens is 1. The minimum Gasteiger partial charge on any atom is -0.337 e. The van der Waals surface area contributed by atoms with Gasteiger partial charge in [-0.3, -0.25) is 9.20 Å². The number of rotatable bonds is 1. The maximum atomic E-state index is 12.4. The summed E-state index contributed by atoms with van der Waals surface area (Å²) < 4.78 is 1.74. The van der Waals surface area contributed by atoms with Gasteiger partial charge in [-0.1, -0.05) is 24.6 Å². The quantitative estimate of drug-likeness (QED) is 0.752. The number of carbonyl (C=O) groups excluding carboxylic acids is 1. The van der Waals surface area contributed by atoms with Crippen LogP contribution >= 0.6 is 11.6 Å². The number of amides is 1. The molecule has 1 unspecified atom stereocenters. The molecule has 0 aliphatic carbocycles. The molecule has 2 aromatic heterocycles. The van der Waals surface area contributed by atoms with Gasteiger partial charge < -0.3 is 4.90 Å². The largest absolute Gasteiger partial charge is 0.337 e. The van der Waals surface area contributed by atoms with Crippen molar-refractivity contribution in [2.75, 3.05) is 13.1 Å². The zero-order valence-electron chi connectivity index (χ0n) is 10.8. The van der Waals surface area contributed by atoms with Crippen molar-refractivity contribution in [2.45, 2.75) is 19.8 Å². The molecule has 1 atom stereocenters. The second-order valence-corrected chi connectivity index (χ2v) is 5.59. The lowest BCUT2D eigenvalue weighted by Crippen LogP contribution is -2.39. The molecule has 19 heavy (non-hydrogen) atoms. The van der Waals surface area contributed by atoms with E-state index in [1.54, 1.807) is 16.7 Å². The summed E-state index contributed by atoms with van der Waals surface area (Å²) in [7, 11) is 0. The van der Waals surface area contributed by atoms with Gasteiger partial charge in [-0.05, 0) is 30.9 Å². The van der Waals surface area contributed by atoms with Crippen LogP contribution in [-0.4, -0.2) is 33.3 Å². The molecule has 0 N–H and O–H groups in total. The fourth-order valence-corrected chi connectivity index (χ4v) is 2.82. The first-order chi connectivity index (χ1) is 9.15. The lowest BCUT2D eigenvalue weighted by molar-refractivity contribution is 0.0678. The van der Waals surface area contributed by atoms with Crippen LogP contribution in [0.15, 0.2) is 24.4 Å². The van der Waals surface area contributed by atoms with E-state index >= 15 is 0 Å². The molecule has 2 aromatic rings. The van der Waals surface area contributed by atoms with E-state index in [0.717, 1.165) is 19.5 Å². The van der Waals surface area contributed by atoms with E-state index in [1.807, 2.05) is 17.0 Å². The van der Waals surface area contributed by atoms with Gasteiger partial charge in [0, 0.05) is 19.3 Å². The molecule has 0 saturated carbocycles. The second-order valence-electron chi connectivity index (χ2n) is 5.20. The standard InChI is InChI=1S/C14H16ClN3O/c1-10-4-3-7-17(8-10)14(19)11-9-18-12(15)5-2-6-13(18)16-11/h2,5-6,9-10H,3-4,7-8H2,1H3. The van der Waals surface area contributed by atoms with Crippen LogP contribution in [-0.2, 0) is 0 Å². The molecular weight excluding hydrogens is 262 g/mol. The van der Waals surface area contributed by atoms with Gasteiger partial charge in [0.05, 0.1) is 0 Å². The van der Waals surface area contributed by atoms with E-state index < -0.39 is 0 Å². The fourth-order valence-electron chi connectivity index (χ4n) is 2.62. The minimum absolute atomic E-state index is 0.00585. The molecule has 5 heteroatoms. The summed E-state index contributed by atoms with van der Waals surface area (Å²) in [6.07, 6.45) is 3.99. The maximum absolute atomic E-state index is 12.4. The smallest absolute Gasteiger partial charge is 0.274 e. The molecule has 1 aliphatic heterocycles. The molecule has 4 nitrogen and oxygen atoms in total. The molecule has 1 saturated heterocycles. The molecule has 0 bridgehead atoms. The van der Waals surface area contributed by atoms with Crippen LogP contribution in [0.3, 0.4) is 0 Å². The summed E-state index contributed by atoms with van der Waals surface area (Å²) >= 11 is 6.08. The lowest BCUT2D eigenvalue weighted by Gasteiger charge is -2.30. The molecule has 3 heterocycles. The number of aromatic nitrogens is 2. The Kier molecular flexibility index (Phi) is 3.19. The van der Waals surface area contributed by atoms with Crippen molar-refractivity contribution in [1.29, 1.82) is 0 Å². The van der Waals surface area contributed by atoms with Crippen molar-refractivity contribution in [3.8, 4) is 0 Å². The Labute approximate surface area is 117 Å². The summed E-state index contributed by atoms with van der Waals surface area (Å²) in [5.41, 5.74) is 1.18. The molecular formula is C14H16ClN3O. The van der Waals surface area contributed by atoms with Gasteiger partial charge in [0.15, 0.2) is 0 Å². The summed E-state index contributed by atoms with van der Waals surface area (Å²) in [4.78, 5) is 18.7. The number of likely N-dealkylation sites (tertiary alicyclic amines) is 1. The topological polar surface area (TPSA) is 37.6 Å². The highest BCUT2D eigenvalue weighted by Gasteiger charge is 2.23. The van der Waals surface area contributed by atoms with Crippen LogP contribution in [0.4, 0.5) is 0 Å². The Morgan fingerprint density at radius 2 is 2.32 bits per heavy atom. The van der Waals surface area contributed by atoms with E-state index in [1.165, 1.54) is 6.42 Å². The monoisotopic (exact) mass is 277 g/mol. The molecule has 1 fully saturated rings. The number of carbonyl (C=O) groups is 1. The summed E-state index contributed by atoms with van der Waals surface area (Å²) in [5, 5.41) is 0.566. The molecule has 100 valence electrons. The molecule has 1 amide bonds. The van der Waals surface area contributed by atoms with Crippen molar-refractivity contribution in [2.24, 2.45) is 5.92 Å². The van der Waals surface area contributed by atoms with Crippen LogP contribution in [0.2, 0.25) is 5.15 Å². The third-order valence-corrected chi connectivity index (χ3v) is 3.91. The number of nitrogens with zero attached hydrogens (tertiary/aromatic N) is 3. The predicted octanol–water partition coefficient (Wildman–Crippen LogP) is 2.86. The average molecular weight is 278 g/mol. The third-order valence-electron chi connectivity index (χ3n) is 3.61. The molecule has 0 aromatic carbocycles. The van der Waals surface area contributed by atoms with Gasteiger partial charge >= 0.3 is 0 Å². The van der Waals surface area contributed by atoms with Crippen molar-refractivity contribution in [3.63, 3.8) is 0 Å². The Morgan fingerprint density at radius 3 is 3.05 bits per heavy atom. The Morgan fingerprint density at radius 1 is 1.47 bits per heavy atom. The highest BCUT2D eigenvalue weighted by atomic mass is 35.5. The number of piperidine rings is 1. The fraction of sp³-hybridized carbons (Fsp3) is 0.429. The van der Waals surface area contributed by atoms with Crippen LogP contribution in [0.5, 0.6) is 0 Å². The van der Waals surface area contributed by atoms with E-state index in [0.29, 0.717) is 22.4 Å². The van der Waals surface area contributed by atoms with Crippen LogP contribution in [0, 0.1) is 5.92 Å². The van der Waals surface area contributed by atoms with E-state index in [4.69, 9.17) is 11.6 Å². The SMILES string of the molecule is CC1CCCN(C(=O)c2cn3c(Cl)cccc3n2)C1. The number of hydrogen-bond acceptors (Lipinski definition) is 2. The van der Waals surface area contributed by atoms with Gasteiger partial charge in [0.1, 0.15) is 16.5 Å². The lowest BCUT2D eigenvalue weighted by atomic mass is 10.0. The van der Waals surface area contributed by atoms with Crippen LogP contribution in [0.25, 0.3) is 5.65 Å². The first-order valence-electron chi connectivity index (χ1n) is 6.58. The summed E-state index contributed by atoms with van der Waals surface area (Å²) in [6, 6.07) is 5.47. The number of imidazole rings is 1. The second kappa shape index (κ2) is 4.85. The Balaban J connectivity index is 1.91. The number of hydrogen-bond donors (Lipinski definition) is 0. The number of fused-ring (bicyclic) bond motifs is 1. The molecule has 0 spiro atoms. The highest BCUT2D eigenvalue weighted by molar-refractivity contribution is 6.29. The van der Waals surface area contributed by atoms with Crippen molar-refractivity contribution < 1.29 is 4.79 Å². The first kappa shape index (κ1) is 12.5. The van der Waals surface area contributed by atoms with E-state index in [2.05, 4.69) is 11.9 Å². The van der Waals surface area contributed by atoms with E-state index in [-0.39, 0.29) is 5.91 Å².